The number of rotatable bonds is 13. The van der Waals surface area contributed by atoms with Crippen molar-refractivity contribution in [3.05, 3.63) is 119 Å². The molecule has 0 fully saturated rings. The minimum absolute atomic E-state index is 0.215. The number of hydrogen-bond donors (Lipinski definition) is 1. The summed E-state index contributed by atoms with van der Waals surface area (Å²) in [5, 5.41) is 12.5. The van der Waals surface area contributed by atoms with E-state index < -0.39 is 0 Å². The molecule has 2 aromatic rings. The second kappa shape index (κ2) is 14.8. The Labute approximate surface area is 232 Å². The minimum atomic E-state index is -0.325. The van der Waals surface area contributed by atoms with Crippen molar-refractivity contribution in [1.82, 2.24) is 5.32 Å². The average molecular weight is 521 g/mol. The second-order valence-electron chi connectivity index (χ2n) is 10.1. The largest absolute Gasteiger partial charge is 0.489 e. The third-order valence-electron chi connectivity index (χ3n) is 6.96. The first-order chi connectivity index (χ1) is 19.1. The van der Waals surface area contributed by atoms with Gasteiger partial charge in [0.05, 0.1) is 17.7 Å². The van der Waals surface area contributed by atoms with Crippen LogP contribution in [0.15, 0.2) is 102 Å². The Kier molecular flexibility index (Phi) is 10.6. The summed E-state index contributed by atoms with van der Waals surface area (Å²) in [7, 11) is 2.01. The molecule has 0 bridgehead atoms. The van der Waals surface area contributed by atoms with E-state index >= 15 is 0 Å². The van der Waals surface area contributed by atoms with Crippen LogP contribution >= 0.6 is 0 Å². The molecule has 1 heterocycles. The predicted molar refractivity (Wildman–Crippen MR) is 156 cm³/mol. The van der Waals surface area contributed by atoms with Gasteiger partial charge in [0, 0.05) is 13.0 Å². The molecule has 0 saturated heterocycles. The zero-order chi connectivity index (χ0) is 27.3. The van der Waals surface area contributed by atoms with Crippen LogP contribution in [0.1, 0.15) is 61.3 Å². The van der Waals surface area contributed by atoms with E-state index in [1.54, 1.807) is 0 Å². The smallest absolute Gasteiger partial charge is 0.181 e. The van der Waals surface area contributed by atoms with E-state index in [0.717, 1.165) is 55.4 Å². The molecule has 5 nitrogen and oxygen atoms in total. The Morgan fingerprint density at radius 2 is 1.79 bits per heavy atom. The van der Waals surface area contributed by atoms with E-state index in [9.17, 15) is 4.79 Å². The number of carbonyl (C=O) groups excluding carboxylic acids is 1. The standard InChI is InChI=1S/C34H38N3O2/c1-37-24-30(25-37)26-39-32-13-7-2-4-9-27(19-20-32)10-8-14-33(38)34(31-11-5-3-6-12-31)36-22-21-28-15-17-29(23-35)18-16-28/h3,5-6,9,11-13,15-20,24-25,34,36H,2,4,7-8,10,14,21-22,26H2,1H3/q+1/b20-19-,27-9+,32-13+. The highest BCUT2D eigenvalue weighted by Crippen LogP contribution is 2.21. The van der Waals surface area contributed by atoms with Crippen LogP contribution < -0.4 is 5.32 Å². The highest BCUT2D eigenvalue weighted by atomic mass is 16.5. The van der Waals surface area contributed by atoms with Gasteiger partial charge in [0.1, 0.15) is 25.0 Å². The third kappa shape index (κ3) is 9.05. The van der Waals surface area contributed by atoms with E-state index in [1.165, 1.54) is 11.1 Å². The van der Waals surface area contributed by atoms with Gasteiger partial charge in [0.15, 0.2) is 18.2 Å². The summed E-state index contributed by atoms with van der Waals surface area (Å²) in [6, 6.07) is 19.4. The molecule has 0 radical (unpaired) electrons. The molecule has 5 heteroatoms. The van der Waals surface area contributed by atoms with Gasteiger partial charge in [-0.25, -0.2) is 4.58 Å². The molecule has 2 aliphatic rings. The van der Waals surface area contributed by atoms with Crippen LogP contribution in [0.5, 0.6) is 0 Å². The van der Waals surface area contributed by atoms with Crippen molar-refractivity contribution in [3.8, 4) is 6.07 Å². The third-order valence-corrected chi connectivity index (χ3v) is 6.96. The molecular formula is C34H38N3O2+. The summed E-state index contributed by atoms with van der Waals surface area (Å²) in [5.41, 5.74) is 5.26. The Morgan fingerprint density at radius 1 is 1.03 bits per heavy atom. The van der Waals surface area contributed by atoms with E-state index in [1.807, 2.05) is 66.2 Å². The van der Waals surface area contributed by atoms with Gasteiger partial charge in [0.2, 0.25) is 0 Å². The van der Waals surface area contributed by atoms with Gasteiger partial charge in [-0.05, 0) is 73.9 Å². The maximum absolute atomic E-state index is 13.4. The number of nitrogens with zero attached hydrogens (tertiary/aromatic N) is 2. The quantitative estimate of drug-likeness (QED) is 0.313. The molecule has 4 rings (SSSR count). The summed E-state index contributed by atoms with van der Waals surface area (Å²) in [6.07, 6.45) is 19.0. The molecule has 1 aliphatic carbocycles. The Bertz CT molecular complexity index is 1310. The lowest BCUT2D eigenvalue weighted by Gasteiger charge is -2.18. The zero-order valence-corrected chi connectivity index (χ0v) is 22.8. The van der Waals surface area contributed by atoms with Crippen LogP contribution in [0.2, 0.25) is 0 Å². The van der Waals surface area contributed by atoms with Crippen molar-refractivity contribution in [1.29, 1.82) is 5.26 Å². The molecular weight excluding hydrogens is 482 g/mol. The highest BCUT2D eigenvalue weighted by molar-refractivity contribution is 5.85. The number of ether oxygens (including phenoxy) is 1. The van der Waals surface area contributed by atoms with Crippen molar-refractivity contribution in [2.75, 3.05) is 20.2 Å². The van der Waals surface area contributed by atoms with Gasteiger partial charge >= 0.3 is 0 Å². The molecule has 1 aliphatic heterocycles. The van der Waals surface area contributed by atoms with Gasteiger partial charge in [0.25, 0.3) is 0 Å². The Morgan fingerprint density at radius 3 is 2.54 bits per heavy atom. The molecule has 39 heavy (non-hydrogen) atoms. The van der Waals surface area contributed by atoms with Crippen molar-refractivity contribution in [2.24, 2.45) is 0 Å². The van der Waals surface area contributed by atoms with Crippen molar-refractivity contribution in [2.45, 2.75) is 51.0 Å². The van der Waals surface area contributed by atoms with Gasteiger partial charge in [-0.3, -0.25) is 4.79 Å². The van der Waals surface area contributed by atoms with Gasteiger partial charge in [-0.15, -0.1) is 0 Å². The number of ketones is 1. The average Bonchev–Trinajstić information content (AvgIpc) is 3.06. The summed E-state index contributed by atoms with van der Waals surface area (Å²) >= 11 is 0. The summed E-state index contributed by atoms with van der Waals surface area (Å²) in [5.74, 6) is 1.13. The number of nitriles is 1. The molecule has 0 aromatic heterocycles. The minimum Gasteiger partial charge on any atom is -0.489 e. The fourth-order valence-electron chi connectivity index (χ4n) is 4.80. The number of carbonyl (C=O) groups is 1. The maximum atomic E-state index is 13.4. The van der Waals surface area contributed by atoms with E-state index in [-0.39, 0.29) is 11.8 Å². The maximum Gasteiger partial charge on any atom is 0.181 e. The monoisotopic (exact) mass is 520 g/mol. The highest BCUT2D eigenvalue weighted by Gasteiger charge is 2.19. The van der Waals surface area contributed by atoms with Crippen molar-refractivity contribution >= 4 is 12.0 Å². The van der Waals surface area contributed by atoms with Crippen molar-refractivity contribution in [3.63, 3.8) is 0 Å². The van der Waals surface area contributed by atoms with E-state index in [2.05, 4.69) is 48.1 Å². The van der Waals surface area contributed by atoms with Crippen LogP contribution in [0.25, 0.3) is 0 Å². The number of benzene rings is 2. The summed E-state index contributed by atoms with van der Waals surface area (Å²) in [4.78, 5) is 13.4. The predicted octanol–water partition coefficient (Wildman–Crippen LogP) is 6.35. The van der Waals surface area contributed by atoms with Crippen LogP contribution in [-0.4, -0.2) is 36.8 Å². The molecule has 2 aromatic carbocycles. The number of Topliss-reactive ketones (excluding diaryl/α,β-unsaturated/α-hetero) is 1. The Hall–Kier alpha value is -4.01. The first-order valence-corrected chi connectivity index (χ1v) is 13.9. The fourth-order valence-corrected chi connectivity index (χ4v) is 4.80. The van der Waals surface area contributed by atoms with Crippen LogP contribution in [-0.2, 0) is 16.0 Å². The molecule has 0 spiro atoms. The summed E-state index contributed by atoms with van der Waals surface area (Å²) < 4.78 is 8.05. The topological polar surface area (TPSA) is 65.1 Å². The SMILES string of the molecule is C[N+]1=CC(COC2=C/CCC/C=C(CCCC(=O)C(NCCc3ccc(C#N)cc3)c3ccccc3)/C=C\2)=C1. The Balaban J connectivity index is 1.29. The first-order valence-electron chi connectivity index (χ1n) is 13.9. The normalized spacial score (nSPS) is 19.2. The van der Waals surface area contributed by atoms with Gasteiger partial charge in [-0.2, -0.15) is 5.26 Å². The number of hydrogen-bond acceptors (Lipinski definition) is 4. The molecule has 0 amide bonds. The lowest BCUT2D eigenvalue weighted by Crippen LogP contribution is -2.30. The van der Waals surface area contributed by atoms with Crippen LogP contribution in [0.3, 0.4) is 0 Å². The van der Waals surface area contributed by atoms with Gasteiger partial charge < -0.3 is 10.1 Å². The molecule has 0 saturated carbocycles. The van der Waals surface area contributed by atoms with Crippen molar-refractivity contribution < 1.29 is 14.1 Å². The van der Waals surface area contributed by atoms with E-state index in [0.29, 0.717) is 25.1 Å². The first kappa shape index (κ1) is 28.0. The second-order valence-corrected chi connectivity index (χ2v) is 10.1. The van der Waals surface area contributed by atoms with Gasteiger partial charge in [-0.1, -0.05) is 60.2 Å². The summed E-state index contributed by atoms with van der Waals surface area (Å²) in [6.45, 7) is 1.28. The number of allylic oxidation sites excluding steroid dienone is 5. The number of nitrogens with one attached hydrogen (secondary N) is 1. The molecule has 200 valence electrons. The lowest BCUT2D eigenvalue weighted by atomic mass is 9.97. The van der Waals surface area contributed by atoms with E-state index in [4.69, 9.17) is 10.00 Å². The molecule has 1 atom stereocenters. The zero-order valence-electron chi connectivity index (χ0n) is 22.8. The fraction of sp³-hybridized carbons (Fsp3) is 0.324. The van der Waals surface area contributed by atoms with Crippen LogP contribution in [0.4, 0.5) is 0 Å². The molecule has 1 N–H and O–H groups in total. The molecule has 1 unspecified atom stereocenters. The lowest BCUT2D eigenvalue weighted by molar-refractivity contribution is -0.429. The van der Waals surface area contributed by atoms with Crippen LogP contribution in [0, 0.1) is 11.3 Å².